The first kappa shape index (κ1) is 9.60. The smallest absolute Gasteiger partial charge is 0.209 e. The van der Waals surface area contributed by atoms with Crippen molar-refractivity contribution in [3.8, 4) is 0 Å². The molecule has 0 atom stereocenters. The van der Waals surface area contributed by atoms with Crippen molar-refractivity contribution in [1.82, 2.24) is 14.7 Å². The van der Waals surface area contributed by atoms with Gasteiger partial charge in [0.25, 0.3) is 0 Å². The van der Waals surface area contributed by atoms with Crippen molar-refractivity contribution >= 4 is 6.41 Å². The molecule has 4 heteroatoms. The van der Waals surface area contributed by atoms with Gasteiger partial charge in [-0.05, 0) is 14.1 Å². The highest BCUT2D eigenvalue weighted by Crippen LogP contribution is 2.55. The fourth-order valence-corrected chi connectivity index (χ4v) is 4.39. The van der Waals surface area contributed by atoms with E-state index in [2.05, 4.69) is 23.9 Å². The van der Waals surface area contributed by atoms with Gasteiger partial charge in [-0.3, -0.25) is 4.79 Å². The highest BCUT2D eigenvalue weighted by Gasteiger charge is 2.65. The lowest BCUT2D eigenvalue weighted by Gasteiger charge is -2.28. The summed E-state index contributed by atoms with van der Waals surface area (Å²) in [5.74, 6) is 0. The van der Waals surface area contributed by atoms with E-state index >= 15 is 0 Å². The number of amides is 1. The molecular formula is C11H19N3O. The molecule has 3 aliphatic heterocycles. The Kier molecular flexibility index (Phi) is 1.75. The van der Waals surface area contributed by atoms with Gasteiger partial charge in [0.05, 0.1) is 0 Å². The van der Waals surface area contributed by atoms with E-state index in [9.17, 15) is 4.79 Å². The minimum Gasteiger partial charge on any atom is -0.344 e. The van der Waals surface area contributed by atoms with E-state index in [-0.39, 0.29) is 0 Å². The zero-order chi connectivity index (χ0) is 10.7. The number of hydrogen-bond acceptors (Lipinski definition) is 3. The van der Waals surface area contributed by atoms with Gasteiger partial charge in [-0.1, -0.05) is 0 Å². The van der Waals surface area contributed by atoms with Gasteiger partial charge in [-0.25, -0.2) is 0 Å². The van der Waals surface area contributed by atoms with Crippen LogP contribution in [0.3, 0.4) is 0 Å². The summed E-state index contributed by atoms with van der Waals surface area (Å²) in [4.78, 5) is 17.8. The molecule has 0 radical (unpaired) electrons. The maximum atomic E-state index is 10.9. The van der Waals surface area contributed by atoms with Crippen LogP contribution in [-0.2, 0) is 4.79 Å². The summed E-state index contributed by atoms with van der Waals surface area (Å²) < 4.78 is 0. The third-order valence-corrected chi connectivity index (χ3v) is 4.58. The molecule has 3 saturated heterocycles. The fourth-order valence-electron chi connectivity index (χ4n) is 4.39. The Morgan fingerprint density at radius 3 is 1.60 bits per heavy atom. The van der Waals surface area contributed by atoms with Crippen LogP contribution in [-0.4, -0.2) is 74.5 Å². The van der Waals surface area contributed by atoms with Crippen LogP contribution in [0.25, 0.3) is 0 Å². The molecule has 4 nitrogen and oxygen atoms in total. The molecule has 0 aromatic rings. The van der Waals surface area contributed by atoms with Gasteiger partial charge in [-0.15, -0.1) is 0 Å². The van der Waals surface area contributed by atoms with Crippen LogP contribution in [0.15, 0.2) is 0 Å². The minimum atomic E-state index is 0.359. The Hall–Kier alpha value is -0.610. The van der Waals surface area contributed by atoms with Crippen molar-refractivity contribution in [2.75, 3.05) is 53.4 Å². The predicted molar refractivity (Wildman–Crippen MR) is 57.5 cm³/mol. The van der Waals surface area contributed by atoms with Crippen LogP contribution < -0.4 is 0 Å². The third-order valence-electron chi connectivity index (χ3n) is 4.58. The molecule has 0 bridgehead atoms. The number of nitrogens with zero attached hydrogens (tertiary/aromatic N) is 3. The summed E-state index contributed by atoms with van der Waals surface area (Å²) in [5, 5.41) is 0. The number of likely N-dealkylation sites (tertiary alicyclic amines) is 3. The molecule has 3 rings (SSSR count). The van der Waals surface area contributed by atoms with Gasteiger partial charge in [-0.2, -0.15) is 0 Å². The molecule has 84 valence electrons. The second-order valence-electron chi connectivity index (χ2n) is 5.92. The molecule has 0 unspecified atom stereocenters. The number of rotatable bonds is 1. The first-order chi connectivity index (χ1) is 7.09. The van der Waals surface area contributed by atoms with E-state index in [0.717, 1.165) is 45.7 Å². The van der Waals surface area contributed by atoms with Crippen LogP contribution in [0.2, 0.25) is 0 Å². The Labute approximate surface area is 90.8 Å². The van der Waals surface area contributed by atoms with Crippen LogP contribution in [0.1, 0.15) is 0 Å². The maximum Gasteiger partial charge on any atom is 0.209 e. The molecule has 3 heterocycles. The zero-order valence-corrected chi connectivity index (χ0v) is 9.57. The monoisotopic (exact) mass is 209 g/mol. The molecule has 15 heavy (non-hydrogen) atoms. The molecule has 3 aliphatic rings. The molecule has 0 aromatic carbocycles. The van der Waals surface area contributed by atoms with E-state index in [1.807, 2.05) is 4.90 Å². The molecular weight excluding hydrogens is 190 g/mol. The predicted octanol–water partition coefficient (Wildman–Crippen LogP) is -0.678. The Morgan fingerprint density at radius 1 is 0.867 bits per heavy atom. The van der Waals surface area contributed by atoms with E-state index in [0.29, 0.717) is 10.8 Å². The van der Waals surface area contributed by atoms with Gasteiger partial charge in [0, 0.05) is 50.1 Å². The van der Waals surface area contributed by atoms with Crippen molar-refractivity contribution in [3.63, 3.8) is 0 Å². The highest BCUT2D eigenvalue weighted by atomic mass is 16.1. The summed E-state index contributed by atoms with van der Waals surface area (Å²) in [5.41, 5.74) is 0.717. The number of carbonyl (C=O) groups is 1. The second-order valence-corrected chi connectivity index (χ2v) is 5.92. The van der Waals surface area contributed by atoms with E-state index < -0.39 is 0 Å². The topological polar surface area (TPSA) is 26.8 Å². The number of hydrogen-bond donors (Lipinski definition) is 0. The van der Waals surface area contributed by atoms with Gasteiger partial charge in [0.1, 0.15) is 0 Å². The average Bonchev–Trinajstić information content (AvgIpc) is 2.57. The first-order valence-corrected chi connectivity index (χ1v) is 5.66. The molecule has 0 saturated carbocycles. The van der Waals surface area contributed by atoms with Crippen LogP contribution >= 0.6 is 0 Å². The van der Waals surface area contributed by atoms with Gasteiger partial charge in [0.2, 0.25) is 6.41 Å². The summed E-state index contributed by atoms with van der Waals surface area (Å²) in [7, 11) is 4.41. The van der Waals surface area contributed by atoms with Crippen LogP contribution in [0, 0.1) is 10.8 Å². The second kappa shape index (κ2) is 2.74. The van der Waals surface area contributed by atoms with Crippen molar-refractivity contribution in [3.05, 3.63) is 0 Å². The Balaban J connectivity index is 1.97. The average molecular weight is 209 g/mol. The van der Waals surface area contributed by atoms with E-state index in [4.69, 9.17) is 0 Å². The Morgan fingerprint density at radius 2 is 1.27 bits per heavy atom. The molecule has 0 spiro atoms. The quantitative estimate of drug-likeness (QED) is 0.536. The highest BCUT2D eigenvalue weighted by molar-refractivity contribution is 5.49. The van der Waals surface area contributed by atoms with Crippen LogP contribution in [0.5, 0.6) is 0 Å². The third kappa shape index (κ3) is 1.06. The van der Waals surface area contributed by atoms with E-state index in [1.54, 1.807) is 0 Å². The SMILES string of the molecule is CN1CC23CN(C)CC2(C1)CN(C=O)C3. The van der Waals surface area contributed by atoms with Crippen molar-refractivity contribution in [1.29, 1.82) is 0 Å². The largest absolute Gasteiger partial charge is 0.344 e. The van der Waals surface area contributed by atoms with Crippen molar-refractivity contribution in [2.24, 2.45) is 10.8 Å². The molecule has 1 amide bonds. The molecule has 0 aromatic heterocycles. The zero-order valence-electron chi connectivity index (χ0n) is 9.57. The normalized spacial score (nSPS) is 45.9. The maximum absolute atomic E-state index is 10.9. The summed E-state index contributed by atoms with van der Waals surface area (Å²) in [6, 6.07) is 0. The molecule has 0 N–H and O–H groups in total. The van der Waals surface area contributed by atoms with Crippen LogP contribution in [0.4, 0.5) is 0 Å². The summed E-state index contributed by atoms with van der Waals surface area (Å²) >= 11 is 0. The minimum absolute atomic E-state index is 0.359. The molecule has 3 fully saturated rings. The fraction of sp³-hybridized carbons (Fsp3) is 0.909. The van der Waals surface area contributed by atoms with Crippen molar-refractivity contribution in [2.45, 2.75) is 0 Å². The van der Waals surface area contributed by atoms with Crippen molar-refractivity contribution < 1.29 is 4.79 Å². The van der Waals surface area contributed by atoms with E-state index in [1.165, 1.54) is 0 Å². The Bertz CT molecular complexity index is 266. The lowest BCUT2D eigenvalue weighted by molar-refractivity contribution is -0.118. The molecule has 0 aliphatic carbocycles. The van der Waals surface area contributed by atoms with Gasteiger partial charge in [0.15, 0.2) is 0 Å². The number of carbonyl (C=O) groups excluding carboxylic acids is 1. The van der Waals surface area contributed by atoms with Gasteiger partial charge < -0.3 is 14.7 Å². The first-order valence-electron chi connectivity index (χ1n) is 5.66. The lowest BCUT2D eigenvalue weighted by Crippen LogP contribution is -2.38. The van der Waals surface area contributed by atoms with Gasteiger partial charge >= 0.3 is 0 Å². The summed E-state index contributed by atoms with van der Waals surface area (Å²) in [6.45, 7) is 6.54. The standard InChI is InChI=1S/C11H19N3O/c1-12-3-10-5-13(2)6-11(10,4-12)8-14(7-10)9-15/h9H,3-8H2,1-2H3. The summed E-state index contributed by atoms with van der Waals surface area (Å²) in [6.07, 6.45) is 1.03. The lowest BCUT2D eigenvalue weighted by atomic mass is 9.71.